The molecule has 140 valence electrons. The average Bonchev–Trinajstić information content (AvgIpc) is 2.58. The molecule has 0 aliphatic heterocycles. The van der Waals surface area contributed by atoms with Gasteiger partial charge in [0.15, 0.2) is 17.3 Å². The number of carbonyl (C=O) groups is 1. The first-order valence-corrected chi connectivity index (χ1v) is 7.77. The molecular formula is C17H21FN4O4. The summed E-state index contributed by atoms with van der Waals surface area (Å²) in [5.41, 5.74) is 4.84. The van der Waals surface area contributed by atoms with E-state index in [1.807, 2.05) is 0 Å². The van der Waals surface area contributed by atoms with Crippen molar-refractivity contribution in [3.8, 4) is 5.75 Å². The molecule has 0 fully saturated rings. The summed E-state index contributed by atoms with van der Waals surface area (Å²) in [4.78, 5) is 38.2. The minimum Gasteiger partial charge on any atom is -0.494 e. The van der Waals surface area contributed by atoms with E-state index in [-0.39, 0.29) is 30.2 Å². The molecule has 0 saturated heterocycles. The fourth-order valence-corrected chi connectivity index (χ4v) is 2.62. The molecule has 2 rings (SSSR count). The summed E-state index contributed by atoms with van der Waals surface area (Å²) in [7, 11) is 5.70. The lowest BCUT2D eigenvalue weighted by molar-refractivity contribution is 0.0941. The van der Waals surface area contributed by atoms with Gasteiger partial charge in [0.25, 0.3) is 5.56 Å². The van der Waals surface area contributed by atoms with Gasteiger partial charge in [-0.05, 0) is 24.7 Å². The third-order valence-electron chi connectivity index (χ3n) is 4.07. The molecule has 0 unspecified atom stereocenters. The Bertz CT molecular complexity index is 964. The van der Waals surface area contributed by atoms with Crippen LogP contribution >= 0.6 is 0 Å². The van der Waals surface area contributed by atoms with E-state index < -0.39 is 22.8 Å². The maximum absolute atomic E-state index is 13.8. The van der Waals surface area contributed by atoms with Crippen molar-refractivity contribution in [3.63, 3.8) is 0 Å². The van der Waals surface area contributed by atoms with E-state index in [1.165, 1.54) is 33.3 Å². The van der Waals surface area contributed by atoms with Crippen molar-refractivity contribution in [2.24, 2.45) is 14.1 Å². The average molecular weight is 364 g/mol. The van der Waals surface area contributed by atoms with Crippen LogP contribution in [0, 0.1) is 5.82 Å². The van der Waals surface area contributed by atoms with E-state index in [2.05, 4.69) is 0 Å². The summed E-state index contributed by atoms with van der Waals surface area (Å²) in [6.45, 7) is 0.157. The molecule has 9 heteroatoms. The number of likely N-dealkylation sites (N-methyl/N-ethyl adjacent to an activating group) is 1. The quantitative estimate of drug-likeness (QED) is 0.732. The first-order valence-electron chi connectivity index (χ1n) is 7.77. The number of anilines is 1. The molecule has 1 aromatic carbocycles. The number of nitrogen functional groups attached to an aromatic ring is 1. The Hall–Kier alpha value is -2.94. The number of benzene rings is 1. The Morgan fingerprint density at radius 1 is 1.27 bits per heavy atom. The molecule has 0 aliphatic carbocycles. The van der Waals surface area contributed by atoms with Crippen molar-refractivity contribution < 1.29 is 13.9 Å². The minimum absolute atomic E-state index is 0.120. The predicted octanol–water partition coefficient (Wildman–Crippen LogP) is 0.129. The number of rotatable bonds is 6. The van der Waals surface area contributed by atoms with Crippen LogP contribution in [0.15, 0.2) is 27.8 Å². The highest BCUT2D eigenvalue weighted by Crippen LogP contribution is 2.18. The van der Waals surface area contributed by atoms with Gasteiger partial charge in [-0.15, -0.1) is 0 Å². The van der Waals surface area contributed by atoms with Crippen molar-refractivity contribution in [2.75, 3.05) is 26.4 Å². The molecule has 0 bridgehead atoms. The van der Waals surface area contributed by atoms with Gasteiger partial charge in [-0.1, -0.05) is 6.07 Å². The van der Waals surface area contributed by atoms with Crippen molar-refractivity contribution >= 4 is 11.6 Å². The fourth-order valence-electron chi connectivity index (χ4n) is 2.62. The van der Waals surface area contributed by atoms with E-state index >= 15 is 0 Å². The summed E-state index contributed by atoms with van der Waals surface area (Å²) in [6, 6.07) is 4.50. The van der Waals surface area contributed by atoms with E-state index in [9.17, 15) is 18.8 Å². The molecule has 1 aromatic heterocycles. The van der Waals surface area contributed by atoms with Crippen molar-refractivity contribution in [3.05, 3.63) is 56.0 Å². The second-order valence-corrected chi connectivity index (χ2v) is 6.03. The molecule has 26 heavy (non-hydrogen) atoms. The van der Waals surface area contributed by atoms with Gasteiger partial charge in [0.05, 0.1) is 13.7 Å². The highest BCUT2D eigenvalue weighted by Gasteiger charge is 2.21. The summed E-state index contributed by atoms with van der Waals surface area (Å²) in [5.74, 6) is -1.06. The predicted molar refractivity (Wildman–Crippen MR) is 95.0 cm³/mol. The Kier molecular flexibility index (Phi) is 5.61. The zero-order valence-corrected chi connectivity index (χ0v) is 15.1. The Labute approximate surface area is 149 Å². The van der Waals surface area contributed by atoms with Crippen LogP contribution in [0.1, 0.15) is 15.9 Å². The van der Waals surface area contributed by atoms with Gasteiger partial charge in [0.2, 0.25) is 0 Å². The molecule has 0 amide bonds. The van der Waals surface area contributed by atoms with Gasteiger partial charge in [-0.3, -0.25) is 23.6 Å². The fraction of sp³-hybridized carbons (Fsp3) is 0.353. The molecule has 0 atom stereocenters. The summed E-state index contributed by atoms with van der Waals surface area (Å²) >= 11 is 0. The monoisotopic (exact) mass is 364 g/mol. The van der Waals surface area contributed by atoms with Crippen molar-refractivity contribution in [1.82, 2.24) is 14.0 Å². The number of ketones is 1. The molecule has 2 aromatic rings. The Balaban J connectivity index is 2.22. The molecule has 0 saturated carbocycles. The van der Waals surface area contributed by atoms with Crippen LogP contribution in [0.4, 0.5) is 10.2 Å². The molecule has 0 aliphatic rings. The maximum atomic E-state index is 13.8. The molecule has 1 heterocycles. The lowest BCUT2D eigenvalue weighted by Crippen LogP contribution is -2.43. The zero-order chi connectivity index (χ0) is 19.6. The molecule has 8 nitrogen and oxygen atoms in total. The van der Waals surface area contributed by atoms with Gasteiger partial charge >= 0.3 is 5.69 Å². The third-order valence-corrected chi connectivity index (χ3v) is 4.07. The van der Waals surface area contributed by atoms with E-state index in [0.717, 1.165) is 9.13 Å². The Morgan fingerprint density at radius 3 is 2.50 bits per heavy atom. The smallest absolute Gasteiger partial charge is 0.332 e. The number of Topliss-reactive ketones (excluding diaryl/α,β-unsaturated/α-hetero) is 1. The van der Waals surface area contributed by atoms with Crippen LogP contribution in [-0.4, -0.2) is 40.5 Å². The van der Waals surface area contributed by atoms with E-state index in [4.69, 9.17) is 10.5 Å². The number of nitrogens with zero attached hydrogens (tertiary/aromatic N) is 3. The number of carbonyl (C=O) groups excluding carboxylic acids is 1. The standard InChI is InChI=1S/C17H21FN4O4/c1-20(8-10-5-6-13(26-4)11(18)7-10)9-12(23)14-15(19)21(2)17(25)22(3)16(14)24/h5-7H,8-9,19H2,1-4H3. The second-order valence-electron chi connectivity index (χ2n) is 6.03. The first-order chi connectivity index (χ1) is 12.2. The SMILES string of the molecule is COc1ccc(CN(C)CC(=O)c2c(N)n(C)c(=O)n(C)c2=O)cc1F. The number of nitrogens with two attached hydrogens (primary N) is 1. The number of hydrogen-bond acceptors (Lipinski definition) is 6. The number of aromatic nitrogens is 2. The van der Waals surface area contributed by atoms with E-state index in [0.29, 0.717) is 5.56 Å². The lowest BCUT2D eigenvalue weighted by Gasteiger charge is -2.17. The molecule has 2 N–H and O–H groups in total. The third kappa shape index (κ3) is 3.67. The van der Waals surface area contributed by atoms with Crippen LogP contribution in [0.3, 0.4) is 0 Å². The number of halogens is 1. The van der Waals surface area contributed by atoms with Gasteiger partial charge in [-0.25, -0.2) is 9.18 Å². The van der Waals surface area contributed by atoms with Gasteiger partial charge in [0, 0.05) is 20.6 Å². The molecule has 0 radical (unpaired) electrons. The second kappa shape index (κ2) is 7.52. The summed E-state index contributed by atoms with van der Waals surface area (Å²) < 4.78 is 20.5. The normalized spacial score (nSPS) is 11.0. The number of ether oxygens (including phenoxy) is 1. The van der Waals surface area contributed by atoms with Crippen molar-refractivity contribution in [1.29, 1.82) is 0 Å². The van der Waals surface area contributed by atoms with Crippen LogP contribution < -0.4 is 21.7 Å². The molecular weight excluding hydrogens is 343 g/mol. The number of hydrogen-bond donors (Lipinski definition) is 1. The lowest BCUT2D eigenvalue weighted by atomic mass is 10.1. The van der Waals surface area contributed by atoms with Crippen LogP contribution in [0.5, 0.6) is 5.75 Å². The highest BCUT2D eigenvalue weighted by atomic mass is 19.1. The maximum Gasteiger partial charge on any atom is 0.332 e. The van der Waals surface area contributed by atoms with Crippen LogP contribution in [-0.2, 0) is 20.6 Å². The van der Waals surface area contributed by atoms with Crippen molar-refractivity contribution in [2.45, 2.75) is 6.54 Å². The first kappa shape index (κ1) is 19.4. The largest absolute Gasteiger partial charge is 0.494 e. The molecule has 0 spiro atoms. The Morgan fingerprint density at radius 2 is 1.92 bits per heavy atom. The topological polar surface area (TPSA) is 99.6 Å². The summed E-state index contributed by atoms with van der Waals surface area (Å²) in [6.07, 6.45) is 0. The van der Waals surface area contributed by atoms with E-state index in [1.54, 1.807) is 18.0 Å². The van der Waals surface area contributed by atoms with Crippen LogP contribution in [0.2, 0.25) is 0 Å². The van der Waals surface area contributed by atoms with Gasteiger partial charge in [0.1, 0.15) is 11.4 Å². The summed E-state index contributed by atoms with van der Waals surface area (Å²) in [5, 5.41) is 0. The van der Waals surface area contributed by atoms with Crippen LogP contribution in [0.25, 0.3) is 0 Å². The minimum atomic E-state index is -0.737. The van der Waals surface area contributed by atoms with Gasteiger partial charge in [-0.2, -0.15) is 0 Å². The number of methoxy groups -OCH3 is 1. The highest BCUT2D eigenvalue weighted by molar-refractivity contribution is 6.01. The van der Waals surface area contributed by atoms with Gasteiger partial charge < -0.3 is 10.5 Å². The zero-order valence-electron chi connectivity index (χ0n) is 15.1.